The summed E-state index contributed by atoms with van der Waals surface area (Å²) in [4.78, 5) is 28.0. The largest absolute Gasteiger partial charge is 0.507 e. The van der Waals surface area contributed by atoms with E-state index in [0.29, 0.717) is 6.42 Å². The van der Waals surface area contributed by atoms with Crippen LogP contribution in [-0.2, 0) is 4.74 Å². The minimum Gasteiger partial charge on any atom is -0.507 e. The zero-order valence-corrected chi connectivity index (χ0v) is 12.9. The van der Waals surface area contributed by atoms with Gasteiger partial charge >= 0.3 is 5.69 Å². The third kappa shape index (κ3) is 3.15. The molecule has 2 heterocycles. The van der Waals surface area contributed by atoms with Crippen LogP contribution in [0.2, 0.25) is 0 Å². The molecule has 1 aromatic carbocycles. The van der Waals surface area contributed by atoms with Gasteiger partial charge in [-0.1, -0.05) is 12.1 Å². The van der Waals surface area contributed by atoms with Gasteiger partial charge in [-0.25, -0.2) is 4.79 Å². The molecular weight excluding hydrogens is 314 g/mol. The fraction of sp³-hybridized carbons (Fsp3) is 0.312. The Morgan fingerprint density at radius 1 is 1.38 bits per heavy atom. The van der Waals surface area contributed by atoms with E-state index in [1.54, 1.807) is 12.1 Å². The first-order valence-corrected chi connectivity index (χ1v) is 7.48. The number of ether oxygens (including phenoxy) is 1. The Labute approximate surface area is 137 Å². The summed E-state index contributed by atoms with van der Waals surface area (Å²) in [5, 5.41) is 22.0. The van der Waals surface area contributed by atoms with Crippen molar-refractivity contribution in [1.82, 2.24) is 9.55 Å². The molecule has 0 radical (unpaired) electrons. The van der Waals surface area contributed by atoms with Gasteiger partial charge in [0.2, 0.25) is 0 Å². The van der Waals surface area contributed by atoms with Gasteiger partial charge in [0.1, 0.15) is 17.7 Å². The molecule has 0 bridgehead atoms. The predicted molar refractivity (Wildman–Crippen MR) is 84.8 cm³/mol. The third-order valence-corrected chi connectivity index (χ3v) is 3.77. The molecule has 1 aliphatic heterocycles. The van der Waals surface area contributed by atoms with Crippen molar-refractivity contribution in [3.8, 4) is 5.75 Å². The molecule has 3 unspecified atom stereocenters. The third-order valence-electron chi connectivity index (χ3n) is 3.77. The monoisotopic (exact) mass is 331 g/mol. The van der Waals surface area contributed by atoms with Gasteiger partial charge in [0, 0.05) is 12.6 Å². The first-order chi connectivity index (χ1) is 11.5. The van der Waals surface area contributed by atoms with E-state index in [9.17, 15) is 19.8 Å². The molecule has 1 saturated heterocycles. The second-order valence-electron chi connectivity index (χ2n) is 5.61. The van der Waals surface area contributed by atoms with Gasteiger partial charge in [-0.05, 0) is 25.1 Å². The Morgan fingerprint density at radius 3 is 2.75 bits per heavy atom. The second-order valence-corrected chi connectivity index (χ2v) is 5.61. The number of para-hydroxylation sites is 1. The van der Waals surface area contributed by atoms with E-state index in [1.165, 1.54) is 29.0 Å². The average molecular weight is 331 g/mol. The van der Waals surface area contributed by atoms with E-state index < -0.39 is 23.9 Å². The molecule has 8 heteroatoms. The van der Waals surface area contributed by atoms with Gasteiger partial charge in [-0.15, -0.1) is 0 Å². The number of anilines is 1. The minimum atomic E-state index is -0.791. The van der Waals surface area contributed by atoms with Crippen LogP contribution < -0.4 is 11.0 Å². The van der Waals surface area contributed by atoms with Crippen molar-refractivity contribution in [3.63, 3.8) is 0 Å². The fourth-order valence-electron chi connectivity index (χ4n) is 2.62. The minimum absolute atomic E-state index is 0.0463. The highest BCUT2D eigenvalue weighted by Gasteiger charge is 2.33. The molecular formula is C16H17N3O5. The van der Waals surface area contributed by atoms with Crippen molar-refractivity contribution >= 4 is 11.7 Å². The number of aliphatic hydroxyl groups is 1. The maximum absolute atomic E-state index is 12.1. The summed E-state index contributed by atoms with van der Waals surface area (Å²) in [7, 11) is 0. The van der Waals surface area contributed by atoms with Crippen molar-refractivity contribution in [1.29, 1.82) is 0 Å². The summed E-state index contributed by atoms with van der Waals surface area (Å²) in [5.41, 5.74) is -0.574. The Bertz CT molecular complexity index is 819. The van der Waals surface area contributed by atoms with E-state index >= 15 is 0 Å². The molecule has 3 N–H and O–H groups in total. The number of benzene rings is 1. The van der Waals surface area contributed by atoms with Gasteiger partial charge in [-0.2, -0.15) is 4.98 Å². The molecule has 0 spiro atoms. The van der Waals surface area contributed by atoms with Crippen LogP contribution in [0.1, 0.15) is 29.9 Å². The predicted octanol–water partition coefficient (Wildman–Crippen LogP) is 0.869. The number of nitrogens with zero attached hydrogens (tertiary/aromatic N) is 2. The van der Waals surface area contributed by atoms with Crippen LogP contribution in [0.3, 0.4) is 0 Å². The van der Waals surface area contributed by atoms with Crippen LogP contribution in [0.25, 0.3) is 0 Å². The van der Waals surface area contributed by atoms with Crippen LogP contribution in [0.4, 0.5) is 5.82 Å². The van der Waals surface area contributed by atoms with Crippen LogP contribution in [0.15, 0.2) is 41.3 Å². The summed E-state index contributed by atoms with van der Waals surface area (Å²) in [6, 6.07) is 7.48. The molecule has 24 heavy (non-hydrogen) atoms. The van der Waals surface area contributed by atoms with Crippen molar-refractivity contribution in [3.05, 3.63) is 52.6 Å². The molecule has 3 rings (SSSR count). The Morgan fingerprint density at radius 2 is 2.12 bits per heavy atom. The lowest BCUT2D eigenvalue weighted by Crippen LogP contribution is -2.32. The van der Waals surface area contributed by atoms with E-state index in [-0.39, 0.29) is 23.2 Å². The number of nitrogens with one attached hydrogen (secondary N) is 1. The number of phenols is 1. The van der Waals surface area contributed by atoms with E-state index in [1.807, 2.05) is 6.92 Å². The lowest BCUT2D eigenvalue weighted by molar-refractivity contribution is -0.0347. The molecule has 0 saturated carbocycles. The summed E-state index contributed by atoms with van der Waals surface area (Å²) in [5.74, 6) is -0.701. The molecule has 8 nitrogen and oxygen atoms in total. The second kappa shape index (κ2) is 6.42. The van der Waals surface area contributed by atoms with Crippen molar-refractivity contribution in [2.24, 2.45) is 0 Å². The molecule has 1 aromatic heterocycles. The molecule has 1 fully saturated rings. The summed E-state index contributed by atoms with van der Waals surface area (Å²) < 4.78 is 6.68. The Hall–Kier alpha value is -2.71. The number of hydrogen-bond donors (Lipinski definition) is 3. The highest BCUT2D eigenvalue weighted by molar-refractivity contribution is 6.05. The zero-order chi connectivity index (χ0) is 17.3. The Kier molecular flexibility index (Phi) is 4.32. The SMILES string of the molecule is CC1CC(O)C(n2ccc(NC(=O)c3ccccc3O)nc2=O)O1. The van der Waals surface area contributed by atoms with Crippen LogP contribution in [0.5, 0.6) is 5.75 Å². The first-order valence-electron chi connectivity index (χ1n) is 7.48. The lowest BCUT2D eigenvalue weighted by atomic mass is 10.2. The Balaban J connectivity index is 1.79. The zero-order valence-electron chi connectivity index (χ0n) is 12.9. The fourth-order valence-corrected chi connectivity index (χ4v) is 2.62. The number of aliphatic hydroxyl groups excluding tert-OH is 1. The molecule has 126 valence electrons. The summed E-state index contributed by atoms with van der Waals surface area (Å²) >= 11 is 0. The number of rotatable bonds is 3. The maximum Gasteiger partial charge on any atom is 0.351 e. The van der Waals surface area contributed by atoms with Crippen molar-refractivity contribution in [2.75, 3.05) is 5.32 Å². The van der Waals surface area contributed by atoms with Gasteiger partial charge in [-0.3, -0.25) is 9.36 Å². The van der Waals surface area contributed by atoms with Crippen molar-refractivity contribution in [2.45, 2.75) is 31.8 Å². The highest BCUT2D eigenvalue weighted by Crippen LogP contribution is 2.27. The quantitative estimate of drug-likeness (QED) is 0.769. The maximum atomic E-state index is 12.1. The summed E-state index contributed by atoms with van der Waals surface area (Å²) in [6.07, 6.45) is 0.103. The lowest BCUT2D eigenvalue weighted by Gasteiger charge is -2.17. The van der Waals surface area contributed by atoms with E-state index in [2.05, 4.69) is 10.3 Å². The number of aromatic nitrogens is 2. The van der Waals surface area contributed by atoms with Gasteiger partial charge in [0.15, 0.2) is 6.23 Å². The van der Waals surface area contributed by atoms with E-state index in [0.717, 1.165) is 0 Å². The number of phenolic OH excluding ortho intramolecular Hbond substituents is 1. The number of hydrogen-bond acceptors (Lipinski definition) is 6. The molecule has 1 aliphatic rings. The number of carbonyl (C=O) groups is 1. The number of aromatic hydroxyl groups is 1. The van der Waals surface area contributed by atoms with E-state index in [4.69, 9.17) is 4.74 Å². The van der Waals surface area contributed by atoms with Crippen molar-refractivity contribution < 1.29 is 19.7 Å². The van der Waals surface area contributed by atoms with Gasteiger partial charge in [0.25, 0.3) is 5.91 Å². The standard InChI is InChI=1S/C16H17N3O5/c1-9-8-12(21)15(24-9)19-7-6-13(18-16(19)23)17-14(22)10-4-2-3-5-11(10)20/h2-7,9,12,15,20-21H,8H2,1H3,(H,17,18,22,23). The number of amides is 1. The average Bonchev–Trinajstić information content (AvgIpc) is 2.86. The summed E-state index contributed by atoms with van der Waals surface area (Å²) in [6.45, 7) is 1.81. The molecule has 3 atom stereocenters. The van der Waals surface area contributed by atoms with Gasteiger partial charge < -0.3 is 20.3 Å². The van der Waals surface area contributed by atoms with Crippen LogP contribution >= 0.6 is 0 Å². The molecule has 1 amide bonds. The van der Waals surface area contributed by atoms with Crippen LogP contribution in [-0.4, -0.2) is 37.9 Å². The first kappa shape index (κ1) is 16.2. The van der Waals surface area contributed by atoms with Crippen LogP contribution in [0, 0.1) is 0 Å². The highest BCUT2D eigenvalue weighted by atomic mass is 16.5. The molecule has 0 aliphatic carbocycles. The smallest absolute Gasteiger partial charge is 0.351 e. The molecule has 2 aromatic rings. The number of carbonyl (C=O) groups excluding carboxylic acids is 1. The topological polar surface area (TPSA) is 114 Å². The normalized spacial score (nSPS) is 23.2. The van der Waals surface area contributed by atoms with Gasteiger partial charge in [0.05, 0.1) is 11.7 Å².